The van der Waals surface area contributed by atoms with Crippen molar-refractivity contribution in [3.63, 3.8) is 0 Å². The number of benzene rings is 2. The molecule has 1 atom stereocenters. The van der Waals surface area contributed by atoms with Gasteiger partial charge in [-0.1, -0.05) is 12.1 Å². The van der Waals surface area contributed by atoms with Gasteiger partial charge >= 0.3 is 0 Å². The molecule has 4 rings (SSSR count). The quantitative estimate of drug-likeness (QED) is 0.700. The van der Waals surface area contributed by atoms with Crippen molar-refractivity contribution in [1.29, 1.82) is 0 Å². The van der Waals surface area contributed by atoms with Crippen LogP contribution in [0.4, 0.5) is 10.1 Å². The Balaban J connectivity index is 1.46. The minimum absolute atomic E-state index is 0.0648. The Labute approximate surface area is 181 Å². The number of imide groups is 1. The number of piperazine rings is 1. The summed E-state index contributed by atoms with van der Waals surface area (Å²) >= 11 is 0. The molecule has 2 aliphatic rings. The summed E-state index contributed by atoms with van der Waals surface area (Å²) in [5.41, 5.74) is 1.94. The third-order valence-corrected chi connectivity index (χ3v) is 8.09. The summed E-state index contributed by atoms with van der Waals surface area (Å²) in [7, 11) is -3.62. The van der Waals surface area contributed by atoms with Crippen molar-refractivity contribution in [3.05, 3.63) is 59.4 Å². The maximum absolute atomic E-state index is 13.2. The van der Waals surface area contributed by atoms with E-state index in [0.29, 0.717) is 29.2 Å². The maximum Gasteiger partial charge on any atom is 0.292 e. The van der Waals surface area contributed by atoms with E-state index in [1.807, 2.05) is 13.0 Å². The second-order valence-electron chi connectivity index (χ2n) is 8.13. The highest BCUT2D eigenvalue weighted by molar-refractivity contribution is 7.89. The molecule has 0 spiro atoms. The molecule has 0 radical (unpaired) electrons. The van der Waals surface area contributed by atoms with Crippen LogP contribution in [0.3, 0.4) is 0 Å². The Kier molecular flexibility index (Phi) is 5.67. The molecule has 164 valence electrons. The number of halogens is 1. The van der Waals surface area contributed by atoms with Gasteiger partial charge in [0.2, 0.25) is 15.9 Å². The number of hydrogen-bond acceptors (Lipinski definition) is 4. The number of anilines is 1. The van der Waals surface area contributed by atoms with Crippen LogP contribution in [0.1, 0.15) is 17.5 Å². The number of nitrogens with one attached hydrogen (secondary N) is 1. The third-order valence-electron chi connectivity index (χ3n) is 6.05. The molecule has 31 heavy (non-hydrogen) atoms. The van der Waals surface area contributed by atoms with Gasteiger partial charge in [0.25, 0.3) is 5.91 Å². The Bertz CT molecular complexity index is 1130. The Morgan fingerprint density at radius 2 is 1.65 bits per heavy atom. The average Bonchev–Trinajstić information content (AvgIpc) is 3.04. The van der Waals surface area contributed by atoms with Gasteiger partial charge in [-0.25, -0.2) is 17.7 Å². The number of rotatable bonds is 4. The van der Waals surface area contributed by atoms with Crippen molar-refractivity contribution >= 4 is 27.5 Å². The summed E-state index contributed by atoms with van der Waals surface area (Å²) in [5.74, 6) is -1.08. The highest BCUT2D eigenvalue weighted by atomic mass is 32.2. The lowest BCUT2D eigenvalue weighted by atomic mass is 10.2. The highest BCUT2D eigenvalue weighted by Crippen LogP contribution is 2.23. The largest absolute Gasteiger partial charge is 0.322 e. The maximum atomic E-state index is 13.2. The number of aryl methyl sites for hydroxylation is 2. The number of nitrogens with zero attached hydrogens (tertiary/aromatic N) is 2. The second kappa shape index (κ2) is 8.14. The lowest BCUT2D eigenvalue weighted by Gasteiger charge is -2.34. The average molecular weight is 447 g/mol. The first-order valence-electron chi connectivity index (χ1n) is 10.2. The highest BCUT2D eigenvalue weighted by Gasteiger charge is 2.47. The summed E-state index contributed by atoms with van der Waals surface area (Å²) in [5, 5.41) is 0. The van der Waals surface area contributed by atoms with E-state index < -0.39 is 21.9 Å². The number of hydrogen-bond donors (Lipinski definition) is 1. The molecule has 2 saturated heterocycles. The molecule has 9 heteroatoms. The van der Waals surface area contributed by atoms with E-state index in [2.05, 4.69) is 0 Å². The molecular weight excluding hydrogens is 421 g/mol. The van der Waals surface area contributed by atoms with Crippen molar-refractivity contribution in [2.75, 3.05) is 31.1 Å². The predicted octanol–water partition coefficient (Wildman–Crippen LogP) is 0.664. The SMILES string of the molecule is Cc1ccc(C)c(S(=O)(=O)N2CC[NH+]([C@H]3CC(=O)N(c4ccc(F)cc4)C3=O)CC2)c1. The van der Waals surface area contributed by atoms with Gasteiger partial charge in [-0.05, 0) is 55.3 Å². The first kappa shape index (κ1) is 21.6. The van der Waals surface area contributed by atoms with Gasteiger partial charge in [-0.15, -0.1) is 0 Å². The van der Waals surface area contributed by atoms with E-state index in [1.54, 1.807) is 19.1 Å². The van der Waals surface area contributed by atoms with Gasteiger partial charge in [0.15, 0.2) is 6.04 Å². The van der Waals surface area contributed by atoms with E-state index in [-0.39, 0.29) is 31.3 Å². The number of sulfonamides is 1. The molecule has 2 heterocycles. The van der Waals surface area contributed by atoms with E-state index in [1.165, 1.54) is 28.6 Å². The van der Waals surface area contributed by atoms with Gasteiger partial charge < -0.3 is 4.90 Å². The van der Waals surface area contributed by atoms with E-state index in [9.17, 15) is 22.4 Å². The number of quaternary nitrogens is 1. The molecule has 0 saturated carbocycles. The monoisotopic (exact) mass is 446 g/mol. The molecule has 7 nitrogen and oxygen atoms in total. The number of carbonyl (C=O) groups excluding carboxylic acids is 2. The van der Waals surface area contributed by atoms with Gasteiger partial charge in [-0.2, -0.15) is 4.31 Å². The molecular formula is C22H25FN3O4S+. The normalized spacial score (nSPS) is 21.1. The molecule has 2 aliphatic heterocycles. The van der Waals surface area contributed by atoms with Crippen LogP contribution in [0.15, 0.2) is 47.4 Å². The van der Waals surface area contributed by atoms with E-state index >= 15 is 0 Å². The van der Waals surface area contributed by atoms with Gasteiger partial charge in [-0.3, -0.25) is 9.59 Å². The molecule has 1 N–H and O–H groups in total. The number of carbonyl (C=O) groups is 2. The fourth-order valence-electron chi connectivity index (χ4n) is 4.30. The van der Waals surface area contributed by atoms with Crippen LogP contribution >= 0.6 is 0 Å². The molecule has 2 aromatic rings. The van der Waals surface area contributed by atoms with Crippen LogP contribution in [0.25, 0.3) is 0 Å². The minimum atomic E-state index is -3.62. The van der Waals surface area contributed by atoms with Crippen LogP contribution in [-0.4, -0.2) is 56.8 Å². The Hall–Kier alpha value is -2.62. The fourth-order valence-corrected chi connectivity index (χ4v) is 6.05. The summed E-state index contributed by atoms with van der Waals surface area (Å²) in [6.45, 7) is 5.06. The van der Waals surface area contributed by atoms with Crippen molar-refractivity contribution in [1.82, 2.24) is 4.31 Å². The summed E-state index contributed by atoms with van der Waals surface area (Å²) < 4.78 is 40.9. The summed E-state index contributed by atoms with van der Waals surface area (Å²) in [6, 6.07) is 10.1. The molecule has 0 aliphatic carbocycles. The van der Waals surface area contributed by atoms with Crippen LogP contribution in [-0.2, 0) is 19.6 Å². The van der Waals surface area contributed by atoms with Crippen LogP contribution in [0.5, 0.6) is 0 Å². The Morgan fingerprint density at radius 3 is 2.29 bits per heavy atom. The zero-order valence-electron chi connectivity index (χ0n) is 17.5. The summed E-state index contributed by atoms with van der Waals surface area (Å²) in [4.78, 5) is 27.8. The molecule has 2 amide bonds. The summed E-state index contributed by atoms with van der Waals surface area (Å²) in [6.07, 6.45) is 0.0648. The van der Waals surface area contributed by atoms with E-state index in [4.69, 9.17) is 0 Å². The standard InChI is InChI=1S/C22H24FN3O4S/c1-15-3-4-16(2)20(13-15)31(29,30)25-11-9-24(10-12-25)19-14-21(27)26(22(19)28)18-7-5-17(23)6-8-18/h3-8,13,19H,9-12,14H2,1-2H3/p+1/t19-/m0/s1. The first-order valence-corrected chi connectivity index (χ1v) is 11.7. The van der Waals surface area contributed by atoms with Gasteiger partial charge in [0, 0.05) is 0 Å². The minimum Gasteiger partial charge on any atom is -0.322 e. The molecule has 0 bridgehead atoms. The Morgan fingerprint density at radius 1 is 1.00 bits per heavy atom. The zero-order chi connectivity index (χ0) is 22.3. The van der Waals surface area contributed by atoms with Gasteiger partial charge in [0.05, 0.1) is 43.2 Å². The van der Waals surface area contributed by atoms with Gasteiger partial charge in [0.1, 0.15) is 5.82 Å². The lowest BCUT2D eigenvalue weighted by molar-refractivity contribution is -0.918. The molecule has 2 fully saturated rings. The molecule has 0 aromatic heterocycles. The second-order valence-corrected chi connectivity index (χ2v) is 10.0. The van der Waals surface area contributed by atoms with Crippen LogP contribution in [0, 0.1) is 19.7 Å². The van der Waals surface area contributed by atoms with Crippen molar-refractivity contribution in [3.8, 4) is 0 Å². The van der Waals surface area contributed by atoms with E-state index in [0.717, 1.165) is 15.4 Å². The fraction of sp³-hybridized carbons (Fsp3) is 0.364. The van der Waals surface area contributed by atoms with Crippen molar-refractivity contribution in [2.24, 2.45) is 0 Å². The van der Waals surface area contributed by atoms with Crippen LogP contribution < -0.4 is 9.80 Å². The van der Waals surface area contributed by atoms with Crippen molar-refractivity contribution < 1.29 is 27.3 Å². The van der Waals surface area contributed by atoms with Crippen LogP contribution in [0.2, 0.25) is 0 Å². The predicted molar refractivity (Wildman–Crippen MR) is 113 cm³/mol. The van der Waals surface area contributed by atoms with Crippen molar-refractivity contribution in [2.45, 2.75) is 31.2 Å². The smallest absolute Gasteiger partial charge is 0.292 e. The first-order chi connectivity index (χ1) is 14.7. The topological polar surface area (TPSA) is 79.2 Å². The number of amides is 2. The molecule has 0 unspecified atom stereocenters. The lowest BCUT2D eigenvalue weighted by Crippen LogP contribution is -3.19. The zero-order valence-corrected chi connectivity index (χ0v) is 18.3. The molecule has 2 aromatic carbocycles. The third kappa shape index (κ3) is 4.00.